The highest BCUT2D eigenvalue weighted by Gasteiger charge is 2.53. The third-order valence-electron chi connectivity index (χ3n) is 6.61. The molecule has 1 saturated carbocycles. The van der Waals surface area contributed by atoms with Crippen molar-refractivity contribution in [3.8, 4) is 5.75 Å². The number of carbonyl (C=O) groups excluding carboxylic acids is 1. The molecule has 1 heterocycles. The van der Waals surface area contributed by atoms with Crippen molar-refractivity contribution < 1.29 is 9.53 Å². The first-order valence-corrected chi connectivity index (χ1v) is 10.6. The number of hydrogen-bond acceptors (Lipinski definition) is 2. The van der Waals surface area contributed by atoms with Crippen LogP contribution in [0.15, 0.2) is 42.5 Å². The van der Waals surface area contributed by atoms with Crippen LogP contribution in [-0.2, 0) is 4.79 Å². The fourth-order valence-corrected chi connectivity index (χ4v) is 5.87. The van der Waals surface area contributed by atoms with E-state index in [0.29, 0.717) is 5.92 Å². The Morgan fingerprint density at radius 3 is 2.39 bits per heavy atom. The molecule has 0 bridgehead atoms. The van der Waals surface area contributed by atoms with Gasteiger partial charge in [0.2, 0.25) is 5.91 Å². The van der Waals surface area contributed by atoms with Crippen LogP contribution in [0.1, 0.15) is 43.2 Å². The van der Waals surface area contributed by atoms with Gasteiger partial charge < -0.3 is 10.1 Å². The van der Waals surface area contributed by atoms with Crippen LogP contribution >= 0.6 is 23.2 Å². The Morgan fingerprint density at radius 1 is 1.04 bits per heavy atom. The molecule has 4 rings (SSSR count). The fourth-order valence-electron chi connectivity index (χ4n) is 5.43. The molecular formula is C23H25Cl2NO2. The van der Waals surface area contributed by atoms with Gasteiger partial charge in [-0.1, -0.05) is 48.3 Å². The Balaban J connectivity index is 1.83. The molecule has 2 aromatic rings. The maximum atomic E-state index is 12.7. The molecule has 0 aromatic heterocycles. The zero-order valence-corrected chi connectivity index (χ0v) is 17.8. The monoisotopic (exact) mass is 417 g/mol. The van der Waals surface area contributed by atoms with Crippen molar-refractivity contribution in [1.82, 2.24) is 5.32 Å². The van der Waals surface area contributed by atoms with Gasteiger partial charge in [-0.05, 0) is 72.4 Å². The first-order chi connectivity index (χ1) is 13.4. The summed E-state index contributed by atoms with van der Waals surface area (Å²) in [6.07, 6.45) is 0.917. The molecule has 6 atom stereocenters. The highest BCUT2D eigenvalue weighted by atomic mass is 35.5. The van der Waals surface area contributed by atoms with Gasteiger partial charge in [-0.25, -0.2) is 0 Å². The Hall–Kier alpha value is -1.71. The second kappa shape index (κ2) is 7.61. The highest BCUT2D eigenvalue weighted by molar-refractivity contribution is 6.31. The summed E-state index contributed by atoms with van der Waals surface area (Å²) in [6, 6.07) is 14.1. The minimum Gasteiger partial charge on any atom is -0.497 e. The van der Waals surface area contributed by atoms with Gasteiger partial charge in [0.25, 0.3) is 0 Å². The van der Waals surface area contributed by atoms with Gasteiger partial charge in [0, 0.05) is 22.0 Å². The van der Waals surface area contributed by atoms with E-state index in [4.69, 9.17) is 27.9 Å². The molecule has 0 unspecified atom stereocenters. The molecule has 5 heteroatoms. The van der Waals surface area contributed by atoms with Crippen LogP contribution in [0.4, 0.5) is 0 Å². The van der Waals surface area contributed by atoms with Crippen molar-refractivity contribution in [2.75, 3.05) is 7.11 Å². The van der Waals surface area contributed by atoms with E-state index in [1.807, 2.05) is 24.3 Å². The normalized spacial score (nSPS) is 32.0. The molecule has 148 valence electrons. The van der Waals surface area contributed by atoms with E-state index < -0.39 is 0 Å². The van der Waals surface area contributed by atoms with Gasteiger partial charge in [0.1, 0.15) is 5.75 Å². The van der Waals surface area contributed by atoms with Crippen LogP contribution in [0, 0.1) is 17.8 Å². The van der Waals surface area contributed by atoms with Crippen LogP contribution in [-0.4, -0.2) is 19.1 Å². The van der Waals surface area contributed by atoms with Crippen LogP contribution < -0.4 is 10.1 Å². The molecule has 1 amide bonds. The van der Waals surface area contributed by atoms with Crippen LogP contribution in [0.2, 0.25) is 10.0 Å². The predicted octanol–water partition coefficient (Wildman–Crippen LogP) is 5.66. The minimum atomic E-state index is 0.0314. The Bertz CT molecular complexity index is 883. The lowest BCUT2D eigenvalue weighted by Gasteiger charge is -2.44. The van der Waals surface area contributed by atoms with Gasteiger partial charge in [-0.3, -0.25) is 4.79 Å². The quantitative estimate of drug-likeness (QED) is 0.699. The standard InChI is InChI=1S/C23H25Cl2NO2/c1-12-10-18(17-9-8-16(28-3)11-19(17)25)22(14-4-6-15(24)7-5-14)21-13(2)26-23(27)20(12)21/h4-9,11-13,18,20-22H,10H2,1-3H3,(H,26,27)/t12-,13-,18+,20-,21-,22+/m1/s1. The summed E-state index contributed by atoms with van der Waals surface area (Å²) in [5.74, 6) is 1.91. The number of hydrogen-bond donors (Lipinski definition) is 1. The average Bonchev–Trinajstić information content (AvgIpc) is 2.97. The van der Waals surface area contributed by atoms with Crippen molar-refractivity contribution in [3.05, 3.63) is 63.6 Å². The van der Waals surface area contributed by atoms with E-state index in [2.05, 4.69) is 37.4 Å². The molecule has 1 aliphatic heterocycles. The van der Waals surface area contributed by atoms with E-state index in [1.54, 1.807) is 7.11 Å². The Kier molecular flexibility index (Phi) is 5.32. The predicted molar refractivity (Wildman–Crippen MR) is 113 cm³/mol. The molecule has 1 N–H and O–H groups in total. The summed E-state index contributed by atoms with van der Waals surface area (Å²) in [5, 5.41) is 4.63. The third-order valence-corrected chi connectivity index (χ3v) is 7.19. The van der Waals surface area contributed by atoms with E-state index in [1.165, 1.54) is 5.56 Å². The third kappa shape index (κ3) is 3.29. The Morgan fingerprint density at radius 2 is 1.75 bits per heavy atom. The van der Waals surface area contributed by atoms with Crippen LogP contribution in [0.3, 0.4) is 0 Å². The summed E-state index contributed by atoms with van der Waals surface area (Å²) >= 11 is 12.8. The minimum absolute atomic E-state index is 0.0314. The van der Waals surface area contributed by atoms with Crippen LogP contribution in [0.25, 0.3) is 0 Å². The number of carbonyl (C=O) groups is 1. The zero-order valence-electron chi connectivity index (χ0n) is 16.3. The molecule has 2 fully saturated rings. The van der Waals surface area contributed by atoms with E-state index in [9.17, 15) is 4.79 Å². The molecule has 3 nitrogen and oxygen atoms in total. The largest absolute Gasteiger partial charge is 0.497 e. The average molecular weight is 418 g/mol. The molecule has 1 saturated heterocycles. The number of halogens is 2. The lowest BCUT2D eigenvalue weighted by atomic mass is 9.58. The summed E-state index contributed by atoms with van der Waals surface area (Å²) < 4.78 is 5.33. The van der Waals surface area contributed by atoms with E-state index in [0.717, 1.165) is 27.8 Å². The van der Waals surface area contributed by atoms with Gasteiger partial charge in [0.05, 0.1) is 7.11 Å². The topological polar surface area (TPSA) is 38.3 Å². The SMILES string of the molecule is COc1ccc([C@@H]2C[C@@H](C)[C@H]3C(=O)N[C@H](C)[C@H]3[C@H]2c2ccc(Cl)cc2)c(Cl)c1. The molecule has 2 aliphatic rings. The first-order valence-electron chi connectivity index (χ1n) is 9.80. The molecule has 28 heavy (non-hydrogen) atoms. The van der Waals surface area contributed by atoms with Crippen LogP contribution in [0.5, 0.6) is 5.75 Å². The van der Waals surface area contributed by atoms with E-state index >= 15 is 0 Å². The lowest BCUT2D eigenvalue weighted by molar-refractivity contribution is -0.125. The summed E-state index contributed by atoms with van der Waals surface area (Å²) in [7, 11) is 1.65. The zero-order chi connectivity index (χ0) is 20.0. The molecule has 2 aromatic carbocycles. The van der Waals surface area contributed by atoms with Crippen molar-refractivity contribution >= 4 is 29.1 Å². The highest BCUT2D eigenvalue weighted by Crippen LogP contribution is 2.56. The van der Waals surface area contributed by atoms with Gasteiger partial charge >= 0.3 is 0 Å². The maximum absolute atomic E-state index is 12.7. The first kappa shape index (κ1) is 19.6. The van der Waals surface area contributed by atoms with Gasteiger partial charge in [-0.15, -0.1) is 0 Å². The van der Waals surface area contributed by atoms with Crippen molar-refractivity contribution in [3.63, 3.8) is 0 Å². The number of benzene rings is 2. The molecular weight excluding hydrogens is 393 g/mol. The number of rotatable bonds is 3. The van der Waals surface area contributed by atoms with Gasteiger partial charge in [-0.2, -0.15) is 0 Å². The Labute approximate surface area is 176 Å². The number of nitrogens with one attached hydrogen (secondary N) is 1. The van der Waals surface area contributed by atoms with Crippen molar-refractivity contribution in [2.45, 2.75) is 38.1 Å². The second-order valence-electron chi connectivity index (χ2n) is 8.18. The lowest BCUT2D eigenvalue weighted by Crippen LogP contribution is -2.39. The second-order valence-corrected chi connectivity index (χ2v) is 9.03. The van der Waals surface area contributed by atoms with Crippen molar-refractivity contribution in [1.29, 1.82) is 0 Å². The summed E-state index contributed by atoms with van der Waals surface area (Å²) in [5.41, 5.74) is 2.34. The summed E-state index contributed by atoms with van der Waals surface area (Å²) in [4.78, 5) is 12.7. The molecule has 0 radical (unpaired) electrons. The molecule has 1 aliphatic carbocycles. The van der Waals surface area contributed by atoms with Crippen molar-refractivity contribution in [2.24, 2.45) is 17.8 Å². The number of amides is 1. The summed E-state index contributed by atoms with van der Waals surface area (Å²) in [6.45, 7) is 4.31. The van der Waals surface area contributed by atoms with E-state index in [-0.39, 0.29) is 35.6 Å². The number of ether oxygens (including phenoxy) is 1. The molecule has 0 spiro atoms. The maximum Gasteiger partial charge on any atom is 0.223 e. The number of fused-ring (bicyclic) bond motifs is 1. The smallest absolute Gasteiger partial charge is 0.223 e. The van der Waals surface area contributed by atoms with Gasteiger partial charge in [0.15, 0.2) is 0 Å². The number of methoxy groups -OCH3 is 1. The fraction of sp³-hybridized carbons (Fsp3) is 0.435.